The number of hydrogen-bond donors (Lipinski definition) is 4. The number of hydrogen-bond acceptors (Lipinski definition) is 5. The van der Waals surface area contributed by atoms with Gasteiger partial charge in [-0.25, -0.2) is 0 Å². The Kier molecular flexibility index (Phi) is 9.62. The van der Waals surface area contributed by atoms with Crippen molar-refractivity contribution in [2.45, 2.75) is 33.6 Å². The van der Waals surface area contributed by atoms with Gasteiger partial charge < -0.3 is 10.1 Å². The molecule has 0 spiro atoms. The fraction of sp³-hybridized carbons (Fsp3) is 0.304. The number of para-hydroxylation sites is 1. The van der Waals surface area contributed by atoms with Gasteiger partial charge in [0.15, 0.2) is 5.11 Å². The lowest BCUT2D eigenvalue weighted by atomic mass is 10.1. The number of thiocarbonyl (C=S) groups is 1. The second-order valence-corrected chi connectivity index (χ2v) is 7.84. The van der Waals surface area contributed by atoms with Crippen molar-refractivity contribution in [2.24, 2.45) is 5.92 Å². The molecule has 0 radical (unpaired) electrons. The average molecular weight is 457 g/mol. The Balaban J connectivity index is 1.86. The van der Waals surface area contributed by atoms with E-state index < -0.39 is 11.8 Å². The summed E-state index contributed by atoms with van der Waals surface area (Å²) in [6, 6.07) is 13.3. The van der Waals surface area contributed by atoms with E-state index in [0.717, 1.165) is 6.42 Å². The minimum absolute atomic E-state index is 0.0637. The Bertz CT molecular complexity index is 961. The summed E-state index contributed by atoms with van der Waals surface area (Å²) in [5.74, 6) is -0.271. The van der Waals surface area contributed by atoms with Crippen molar-refractivity contribution < 1.29 is 19.1 Å². The summed E-state index contributed by atoms with van der Waals surface area (Å²) in [6.07, 6.45) is 1.23. The van der Waals surface area contributed by atoms with Crippen LogP contribution < -0.4 is 26.2 Å². The molecule has 0 heterocycles. The highest BCUT2D eigenvalue weighted by Crippen LogP contribution is 2.18. The first kappa shape index (κ1) is 24.8. The summed E-state index contributed by atoms with van der Waals surface area (Å²) >= 11 is 5.09. The number of carbonyl (C=O) groups is 3. The van der Waals surface area contributed by atoms with E-state index in [2.05, 4.69) is 21.5 Å². The smallest absolute Gasteiger partial charge is 0.269 e. The summed E-state index contributed by atoms with van der Waals surface area (Å²) in [6.45, 7) is 6.39. The lowest BCUT2D eigenvalue weighted by Crippen LogP contribution is -2.48. The maximum atomic E-state index is 12.5. The molecule has 0 saturated heterocycles. The van der Waals surface area contributed by atoms with Crippen LogP contribution in [0.3, 0.4) is 0 Å². The van der Waals surface area contributed by atoms with Crippen molar-refractivity contribution >= 4 is 40.7 Å². The van der Waals surface area contributed by atoms with E-state index in [-0.39, 0.29) is 16.9 Å². The van der Waals surface area contributed by atoms with Crippen LogP contribution in [0.15, 0.2) is 48.5 Å². The summed E-state index contributed by atoms with van der Waals surface area (Å²) in [4.78, 5) is 36.6. The lowest BCUT2D eigenvalue weighted by Gasteiger charge is -2.13. The monoisotopic (exact) mass is 456 g/mol. The number of rotatable bonds is 8. The van der Waals surface area contributed by atoms with Gasteiger partial charge in [0.05, 0.1) is 12.2 Å². The van der Waals surface area contributed by atoms with Gasteiger partial charge in [0.2, 0.25) is 5.91 Å². The standard InChI is InChI=1S/C23H28N4O4S/c1-4-13-31-19-8-6-5-7-18(19)22(30)25-23(32)27-26-21(29)16-9-11-17(12-10-16)24-20(28)14-15(2)3/h5-12,15H,4,13-14H2,1-3H3,(H,24,28)(H,26,29)(H2,25,27,30,32). The molecule has 170 valence electrons. The van der Waals surface area contributed by atoms with E-state index in [1.807, 2.05) is 20.8 Å². The van der Waals surface area contributed by atoms with Gasteiger partial charge >= 0.3 is 0 Å². The zero-order valence-electron chi connectivity index (χ0n) is 18.4. The van der Waals surface area contributed by atoms with Crippen molar-refractivity contribution in [2.75, 3.05) is 11.9 Å². The van der Waals surface area contributed by atoms with Crippen LogP contribution in [0, 0.1) is 5.92 Å². The van der Waals surface area contributed by atoms with E-state index in [0.29, 0.717) is 35.6 Å². The Morgan fingerprint density at radius 1 is 0.969 bits per heavy atom. The molecule has 8 nitrogen and oxygen atoms in total. The Labute approximate surface area is 193 Å². The molecule has 3 amide bonds. The maximum absolute atomic E-state index is 12.5. The van der Waals surface area contributed by atoms with E-state index >= 15 is 0 Å². The van der Waals surface area contributed by atoms with Crippen molar-refractivity contribution in [3.05, 3.63) is 59.7 Å². The van der Waals surface area contributed by atoms with Gasteiger partial charge in [-0.1, -0.05) is 32.9 Å². The molecule has 0 aromatic heterocycles. The molecule has 0 aliphatic heterocycles. The summed E-state index contributed by atoms with van der Waals surface area (Å²) in [5, 5.41) is 5.22. The van der Waals surface area contributed by atoms with E-state index in [9.17, 15) is 14.4 Å². The van der Waals surface area contributed by atoms with E-state index in [1.165, 1.54) is 0 Å². The number of amides is 3. The second kappa shape index (κ2) is 12.4. The SMILES string of the molecule is CCCOc1ccccc1C(=O)NC(=S)NNC(=O)c1ccc(NC(=O)CC(C)C)cc1. The normalized spacial score (nSPS) is 10.2. The van der Waals surface area contributed by atoms with Crippen LogP contribution in [0.4, 0.5) is 5.69 Å². The van der Waals surface area contributed by atoms with Crippen LogP contribution >= 0.6 is 12.2 Å². The summed E-state index contributed by atoms with van der Waals surface area (Å²) < 4.78 is 5.58. The fourth-order valence-corrected chi connectivity index (χ4v) is 2.81. The van der Waals surface area contributed by atoms with Crippen molar-refractivity contribution in [1.29, 1.82) is 0 Å². The summed E-state index contributed by atoms with van der Waals surface area (Å²) in [5.41, 5.74) is 6.23. The highest BCUT2D eigenvalue weighted by Gasteiger charge is 2.14. The number of nitrogens with one attached hydrogen (secondary N) is 4. The Hall–Kier alpha value is -3.46. The van der Waals surface area contributed by atoms with Crippen LogP contribution in [0.5, 0.6) is 5.75 Å². The highest BCUT2D eigenvalue weighted by atomic mass is 32.1. The largest absolute Gasteiger partial charge is 0.493 e. The van der Waals surface area contributed by atoms with Gasteiger partial charge in [-0.05, 0) is 61.0 Å². The van der Waals surface area contributed by atoms with Crippen molar-refractivity contribution in [1.82, 2.24) is 16.2 Å². The minimum Gasteiger partial charge on any atom is -0.493 e. The second-order valence-electron chi connectivity index (χ2n) is 7.43. The third kappa shape index (κ3) is 7.99. The number of hydrazine groups is 1. The minimum atomic E-state index is -0.454. The Morgan fingerprint density at radius 3 is 2.31 bits per heavy atom. The summed E-state index contributed by atoms with van der Waals surface area (Å²) in [7, 11) is 0. The maximum Gasteiger partial charge on any atom is 0.269 e. The van der Waals surface area contributed by atoms with E-state index in [1.54, 1.807) is 48.5 Å². The van der Waals surface area contributed by atoms with Crippen molar-refractivity contribution in [3.8, 4) is 5.75 Å². The topological polar surface area (TPSA) is 109 Å². The zero-order chi connectivity index (χ0) is 23.5. The van der Waals surface area contributed by atoms with Crippen LogP contribution in [0.1, 0.15) is 54.3 Å². The van der Waals surface area contributed by atoms with E-state index in [4.69, 9.17) is 17.0 Å². The van der Waals surface area contributed by atoms with Crippen LogP contribution in [0.2, 0.25) is 0 Å². The lowest BCUT2D eigenvalue weighted by molar-refractivity contribution is -0.116. The molecule has 0 bridgehead atoms. The molecule has 0 fully saturated rings. The van der Waals surface area contributed by atoms with Gasteiger partial charge in [0, 0.05) is 17.7 Å². The predicted molar refractivity (Wildman–Crippen MR) is 127 cm³/mol. The molecule has 0 unspecified atom stereocenters. The van der Waals surface area contributed by atoms with Gasteiger partial charge in [-0.15, -0.1) is 0 Å². The number of ether oxygens (including phenoxy) is 1. The highest BCUT2D eigenvalue weighted by molar-refractivity contribution is 7.80. The number of benzene rings is 2. The molecule has 0 atom stereocenters. The van der Waals surface area contributed by atoms with Gasteiger partial charge in [0.25, 0.3) is 11.8 Å². The van der Waals surface area contributed by atoms with Crippen molar-refractivity contribution in [3.63, 3.8) is 0 Å². The zero-order valence-corrected chi connectivity index (χ0v) is 19.2. The molecule has 4 N–H and O–H groups in total. The molecular formula is C23H28N4O4S. The molecule has 0 aliphatic rings. The van der Waals surface area contributed by atoms with Crippen LogP contribution in [0.25, 0.3) is 0 Å². The molecule has 0 aliphatic carbocycles. The quantitative estimate of drug-likeness (QED) is 0.358. The third-order valence-electron chi connectivity index (χ3n) is 4.13. The third-order valence-corrected chi connectivity index (χ3v) is 4.34. The van der Waals surface area contributed by atoms with Crippen LogP contribution in [-0.4, -0.2) is 29.4 Å². The first-order valence-corrected chi connectivity index (χ1v) is 10.7. The number of carbonyl (C=O) groups excluding carboxylic acids is 3. The first-order valence-electron chi connectivity index (χ1n) is 10.3. The molecular weight excluding hydrogens is 428 g/mol. The average Bonchev–Trinajstić information content (AvgIpc) is 2.76. The molecule has 32 heavy (non-hydrogen) atoms. The molecule has 9 heteroatoms. The fourth-order valence-electron chi connectivity index (χ4n) is 2.67. The first-order chi connectivity index (χ1) is 15.3. The predicted octanol–water partition coefficient (Wildman–Crippen LogP) is 3.41. The molecule has 2 aromatic carbocycles. The van der Waals surface area contributed by atoms with Gasteiger partial charge in [-0.2, -0.15) is 0 Å². The molecule has 2 aromatic rings. The Morgan fingerprint density at radius 2 is 1.66 bits per heavy atom. The molecule has 0 saturated carbocycles. The van der Waals surface area contributed by atoms with Gasteiger partial charge in [0.1, 0.15) is 5.75 Å². The molecule has 2 rings (SSSR count). The number of anilines is 1. The van der Waals surface area contributed by atoms with Crippen LogP contribution in [-0.2, 0) is 4.79 Å². The van der Waals surface area contributed by atoms with Gasteiger partial charge in [-0.3, -0.25) is 30.6 Å².